The Labute approximate surface area is 301 Å². The highest BCUT2D eigenvalue weighted by atomic mass is 16.5. The van der Waals surface area contributed by atoms with Gasteiger partial charge in [-0.05, 0) is 61.0 Å². The van der Waals surface area contributed by atoms with E-state index in [1.54, 1.807) is 99.0 Å². The van der Waals surface area contributed by atoms with E-state index in [0.717, 1.165) is 0 Å². The van der Waals surface area contributed by atoms with Crippen LogP contribution < -0.4 is 39.5 Å². The molecule has 14 nitrogen and oxygen atoms in total. The molecule has 3 N–H and O–H groups in total. The van der Waals surface area contributed by atoms with E-state index in [2.05, 4.69) is 10.6 Å². The van der Waals surface area contributed by atoms with E-state index in [1.807, 2.05) is 6.07 Å². The second-order valence-corrected chi connectivity index (χ2v) is 11.5. The van der Waals surface area contributed by atoms with E-state index in [-0.39, 0.29) is 11.4 Å². The van der Waals surface area contributed by atoms with Crippen molar-refractivity contribution in [3.8, 4) is 17.2 Å². The van der Waals surface area contributed by atoms with Crippen LogP contribution in [0.3, 0.4) is 0 Å². The minimum Gasteiger partial charge on any atom is -0.497 e. The number of urea groups is 1. The predicted octanol–water partition coefficient (Wildman–Crippen LogP) is 4.75. The lowest BCUT2D eigenvalue weighted by Crippen LogP contribution is -2.46. The number of aliphatic carboxylic acids is 1. The van der Waals surface area contributed by atoms with Gasteiger partial charge in [0.1, 0.15) is 23.8 Å². The number of carbonyl (C=O) groups excluding carboxylic acids is 4. The summed E-state index contributed by atoms with van der Waals surface area (Å²) in [6, 6.07) is 26.0. The number of carboxylic acid groups (broad SMARTS) is 1. The quantitative estimate of drug-likeness (QED) is 0.158. The van der Waals surface area contributed by atoms with Crippen molar-refractivity contribution in [3.05, 3.63) is 103 Å². The number of carbonyl (C=O) groups is 5. The molecular weight excluding hydrogens is 670 g/mol. The van der Waals surface area contributed by atoms with Gasteiger partial charge in [0.2, 0.25) is 11.8 Å². The fourth-order valence-electron chi connectivity index (χ4n) is 5.03. The third-order valence-electron chi connectivity index (χ3n) is 8.16. The first-order valence-electron chi connectivity index (χ1n) is 16.1. The highest BCUT2D eigenvalue weighted by Crippen LogP contribution is 2.33. The second kappa shape index (κ2) is 17.9. The van der Waals surface area contributed by atoms with Gasteiger partial charge in [0.15, 0.2) is 6.61 Å². The van der Waals surface area contributed by atoms with Crippen molar-refractivity contribution in [2.24, 2.45) is 0 Å². The molecular formula is C38H41N5O9. The lowest BCUT2D eigenvalue weighted by Gasteiger charge is -2.27. The Balaban J connectivity index is 1.54. The molecule has 4 aromatic carbocycles. The monoisotopic (exact) mass is 711 g/mol. The van der Waals surface area contributed by atoms with Crippen molar-refractivity contribution < 1.29 is 43.3 Å². The molecule has 0 spiro atoms. The van der Waals surface area contributed by atoms with Gasteiger partial charge < -0.3 is 39.8 Å². The van der Waals surface area contributed by atoms with E-state index in [4.69, 9.17) is 14.2 Å². The number of hydrogen-bond acceptors (Lipinski definition) is 8. The third-order valence-corrected chi connectivity index (χ3v) is 8.16. The maximum absolute atomic E-state index is 13.8. The first-order valence-corrected chi connectivity index (χ1v) is 16.1. The molecule has 4 aromatic rings. The molecule has 0 bridgehead atoms. The molecule has 0 fully saturated rings. The van der Waals surface area contributed by atoms with Crippen molar-refractivity contribution in [2.45, 2.75) is 12.8 Å². The first kappa shape index (κ1) is 38.2. The SMILES string of the molecule is COc1ccc(OC)c(N(C)C(=O)COc2ccccc2N(CC(=O)N(C)c2ccccc2)C(=O)CNC(=O)Nc2cccc(C(C)C(=O)O)c2)c1. The summed E-state index contributed by atoms with van der Waals surface area (Å²) in [4.78, 5) is 68.9. The lowest BCUT2D eigenvalue weighted by atomic mass is 10.0. The van der Waals surface area contributed by atoms with Gasteiger partial charge in [-0.1, -0.05) is 42.5 Å². The molecule has 5 amide bonds. The van der Waals surface area contributed by atoms with Crippen molar-refractivity contribution >= 4 is 52.5 Å². The van der Waals surface area contributed by atoms with Gasteiger partial charge in [-0.3, -0.25) is 24.1 Å². The van der Waals surface area contributed by atoms with Gasteiger partial charge in [-0.25, -0.2) is 4.79 Å². The van der Waals surface area contributed by atoms with Crippen molar-refractivity contribution in [3.63, 3.8) is 0 Å². The van der Waals surface area contributed by atoms with Crippen LogP contribution in [0.5, 0.6) is 17.2 Å². The third kappa shape index (κ3) is 9.78. The molecule has 14 heteroatoms. The second-order valence-electron chi connectivity index (χ2n) is 11.5. The number of anilines is 4. The van der Waals surface area contributed by atoms with Crippen LogP contribution in [-0.2, 0) is 19.2 Å². The molecule has 0 radical (unpaired) electrons. The average molecular weight is 712 g/mol. The van der Waals surface area contributed by atoms with Crippen LogP contribution in [0, 0.1) is 0 Å². The number of nitrogens with one attached hydrogen (secondary N) is 2. The molecule has 0 saturated carbocycles. The van der Waals surface area contributed by atoms with E-state index in [9.17, 15) is 29.1 Å². The molecule has 0 aliphatic heterocycles. The normalized spacial score (nSPS) is 11.0. The summed E-state index contributed by atoms with van der Waals surface area (Å²) in [6.45, 7) is 0.135. The van der Waals surface area contributed by atoms with E-state index < -0.39 is 55.3 Å². The minimum atomic E-state index is -1.02. The minimum absolute atomic E-state index is 0.138. The summed E-state index contributed by atoms with van der Waals surface area (Å²) >= 11 is 0. The van der Waals surface area contributed by atoms with Crippen LogP contribution >= 0.6 is 0 Å². The van der Waals surface area contributed by atoms with Crippen LogP contribution in [-0.4, -0.2) is 82.8 Å². The summed E-state index contributed by atoms with van der Waals surface area (Å²) in [5.41, 5.74) is 2.05. The van der Waals surface area contributed by atoms with Crippen molar-refractivity contribution in [2.75, 3.05) is 68.0 Å². The molecule has 4 rings (SSSR count). The Bertz CT molecular complexity index is 1900. The molecule has 0 aliphatic rings. The van der Waals surface area contributed by atoms with Gasteiger partial charge >= 0.3 is 12.0 Å². The zero-order valence-corrected chi connectivity index (χ0v) is 29.5. The van der Waals surface area contributed by atoms with Gasteiger partial charge in [-0.2, -0.15) is 0 Å². The smallest absolute Gasteiger partial charge is 0.319 e. The topological polar surface area (TPSA) is 167 Å². The predicted molar refractivity (Wildman–Crippen MR) is 197 cm³/mol. The number of likely N-dealkylation sites (N-methyl/N-ethyl adjacent to an activating group) is 2. The molecule has 0 heterocycles. The fraction of sp³-hybridized carbons (Fsp3) is 0.237. The molecule has 1 atom stereocenters. The highest BCUT2D eigenvalue weighted by molar-refractivity contribution is 6.06. The number of hydrogen-bond donors (Lipinski definition) is 3. The summed E-state index contributed by atoms with van der Waals surface area (Å²) in [5, 5.41) is 14.4. The van der Waals surface area contributed by atoms with E-state index in [0.29, 0.717) is 34.1 Å². The van der Waals surface area contributed by atoms with Crippen molar-refractivity contribution in [1.29, 1.82) is 0 Å². The van der Waals surface area contributed by atoms with Gasteiger partial charge in [0, 0.05) is 31.5 Å². The first-order chi connectivity index (χ1) is 24.9. The Morgan fingerprint density at radius 2 is 1.44 bits per heavy atom. The Hall–Kier alpha value is -6.57. The van der Waals surface area contributed by atoms with Crippen LogP contribution in [0.15, 0.2) is 97.1 Å². The summed E-state index contributed by atoms with van der Waals surface area (Å²) in [6.07, 6.45) is 0. The maximum atomic E-state index is 13.8. The number of rotatable bonds is 15. The molecule has 1 unspecified atom stereocenters. The Morgan fingerprint density at radius 1 is 0.731 bits per heavy atom. The molecule has 0 aliphatic carbocycles. The molecule has 0 saturated heterocycles. The van der Waals surface area contributed by atoms with Crippen LogP contribution in [0.2, 0.25) is 0 Å². The van der Waals surface area contributed by atoms with E-state index >= 15 is 0 Å². The van der Waals surface area contributed by atoms with E-state index in [1.165, 1.54) is 41.9 Å². The summed E-state index contributed by atoms with van der Waals surface area (Å²) in [7, 11) is 6.13. The lowest BCUT2D eigenvalue weighted by molar-refractivity contribution is -0.138. The van der Waals surface area contributed by atoms with Crippen LogP contribution in [0.1, 0.15) is 18.4 Å². The van der Waals surface area contributed by atoms with Crippen molar-refractivity contribution in [1.82, 2.24) is 5.32 Å². The highest BCUT2D eigenvalue weighted by Gasteiger charge is 2.26. The zero-order chi connectivity index (χ0) is 37.8. The number of para-hydroxylation sites is 3. The Morgan fingerprint density at radius 3 is 2.13 bits per heavy atom. The number of benzene rings is 4. The molecule has 0 aromatic heterocycles. The van der Waals surface area contributed by atoms with Gasteiger partial charge in [0.25, 0.3) is 5.91 Å². The summed E-state index contributed by atoms with van der Waals surface area (Å²) < 4.78 is 16.7. The van der Waals surface area contributed by atoms with Gasteiger partial charge in [-0.15, -0.1) is 0 Å². The number of nitrogens with zero attached hydrogens (tertiary/aromatic N) is 3. The number of carboxylic acids is 1. The number of ether oxygens (including phenoxy) is 3. The zero-order valence-electron chi connectivity index (χ0n) is 29.5. The van der Waals surface area contributed by atoms with Crippen LogP contribution in [0.25, 0.3) is 0 Å². The Kier molecular flexibility index (Phi) is 13.2. The van der Waals surface area contributed by atoms with Crippen LogP contribution in [0.4, 0.5) is 27.5 Å². The largest absolute Gasteiger partial charge is 0.497 e. The maximum Gasteiger partial charge on any atom is 0.319 e. The number of amides is 5. The van der Waals surface area contributed by atoms with Gasteiger partial charge in [0.05, 0.1) is 38.1 Å². The summed E-state index contributed by atoms with van der Waals surface area (Å²) in [5.74, 6) is -2.26. The number of methoxy groups -OCH3 is 2. The molecule has 52 heavy (non-hydrogen) atoms. The fourth-order valence-corrected chi connectivity index (χ4v) is 5.03. The molecule has 272 valence electrons. The average Bonchev–Trinajstić information content (AvgIpc) is 3.17. The standard InChI is InChI=1S/C38H41N5O9/c1-25(37(47)48)26-12-11-13-27(20-26)40-38(49)39-22-34(44)43(23-35(45)41(2)28-14-7-6-8-15-28)30-16-9-10-17-33(30)52-24-36(46)42(3)31-21-29(50-4)18-19-32(31)51-5/h6-21,25H,22-24H2,1-5H3,(H,47,48)(H2,39,40,49).